The molecule has 2 rings (SSSR count). The first-order valence-electron chi connectivity index (χ1n) is 5.96. The third kappa shape index (κ3) is 2.53. The zero-order valence-corrected chi connectivity index (χ0v) is 10.3. The smallest absolute Gasteiger partial charge is 0.138 e. The number of hydrogen-bond donors (Lipinski definition) is 1. The number of rotatable bonds is 4. The van der Waals surface area contributed by atoms with Crippen molar-refractivity contribution < 1.29 is 0 Å². The van der Waals surface area contributed by atoms with E-state index in [1.54, 1.807) is 6.20 Å². The average molecular weight is 230 g/mol. The molecule has 2 N–H and O–H groups in total. The van der Waals surface area contributed by atoms with Gasteiger partial charge in [-0.15, -0.1) is 0 Å². The zero-order valence-electron chi connectivity index (χ0n) is 10.3. The molecule has 0 bridgehead atoms. The van der Waals surface area contributed by atoms with Crippen LogP contribution in [0.15, 0.2) is 30.7 Å². The first-order chi connectivity index (χ1) is 8.22. The van der Waals surface area contributed by atoms with Gasteiger partial charge in [0.15, 0.2) is 0 Å². The average Bonchev–Trinajstić information content (AvgIpc) is 2.78. The minimum absolute atomic E-state index is 0.0231. The number of nitrogens with two attached hydrogens (primary N) is 1. The molecule has 0 aromatic carbocycles. The summed E-state index contributed by atoms with van der Waals surface area (Å²) in [6.45, 7) is 4.12. The quantitative estimate of drug-likeness (QED) is 0.876. The second-order valence-electron chi connectivity index (χ2n) is 4.20. The van der Waals surface area contributed by atoms with E-state index in [1.807, 2.05) is 36.0 Å². The SMILES string of the molecule is CCCc1nccn1-c1cc(C(C)N)ccn1. The number of aryl methyl sites for hydroxylation is 1. The van der Waals surface area contributed by atoms with Crippen LogP contribution in [0.5, 0.6) is 0 Å². The van der Waals surface area contributed by atoms with Crippen LogP contribution < -0.4 is 5.73 Å². The Hall–Kier alpha value is -1.68. The molecule has 0 spiro atoms. The molecule has 2 aromatic rings. The van der Waals surface area contributed by atoms with Crippen molar-refractivity contribution >= 4 is 0 Å². The summed E-state index contributed by atoms with van der Waals surface area (Å²) in [7, 11) is 0. The van der Waals surface area contributed by atoms with E-state index >= 15 is 0 Å². The highest BCUT2D eigenvalue weighted by Gasteiger charge is 2.07. The largest absolute Gasteiger partial charge is 0.324 e. The van der Waals surface area contributed by atoms with Crippen molar-refractivity contribution in [2.24, 2.45) is 5.73 Å². The molecule has 1 unspecified atom stereocenters. The summed E-state index contributed by atoms with van der Waals surface area (Å²) in [6, 6.07) is 3.99. The maximum Gasteiger partial charge on any atom is 0.138 e. The van der Waals surface area contributed by atoms with Crippen LogP contribution in [0.2, 0.25) is 0 Å². The first-order valence-corrected chi connectivity index (χ1v) is 5.96. The Balaban J connectivity index is 2.38. The highest BCUT2D eigenvalue weighted by atomic mass is 15.1. The van der Waals surface area contributed by atoms with Gasteiger partial charge in [-0.25, -0.2) is 9.97 Å². The Morgan fingerprint density at radius 1 is 1.35 bits per heavy atom. The van der Waals surface area contributed by atoms with Crippen molar-refractivity contribution in [3.63, 3.8) is 0 Å². The minimum atomic E-state index is 0.0231. The van der Waals surface area contributed by atoms with Gasteiger partial charge >= 0.3 is 0 Å². The van der Waals surface area contributed by atoms with Gasteiger partial charge in [0.25, 0.3) is 0 Å². The van der Waals surface area contributed by atoms with Crippen LogP contribution >= 0.6 is 0 Å². The van der Waals surface area contributed by atoms with Gasteiger partial charge in [0.2, 0.25) is 0 Å². The lowest BCUT2D eigenvalue weighted by molar-refractivity contribution is 0.784. The van der Waals surface area contributed by atoms with Crippen LogP contribution in [-0.2, 0) is 6.42 Å². The summed E-state index contributed by atoms with van der Waals surface area (Å²) >= 11 is 0. The molecule has 0 saturated heterocycles. The lowest BCUT2D eigenvalue weighted by Gasteiger charge is -2.10. The number of hydrogen-bond acceptors (Lipinski definition) is 3. The van der Waals surface area contributed by atoms with Crippen molar-refractivity contribution in [1.29, 1.82) is 0 Å². The van der Waals surface area contributed by atoms with Gasteiger partial charge in [0.05, 0.1) is 0 Å². The van der Waals surface area contributed by atoms with Crippen LogP contribution in [-0.4, -0.2) is 14.5 Å². The van der Waals surface area contributed by atoms with Crippen molar-refractivity contribution in [2.45, 2.75) is 32.7 Å². The van der Waals surface area contributed by atoms with E-state index in [4.69, 9.17) is 5.73 Å². The van der Waals surface area contributed by atoms with Crippen molar-refractivity contribution in [3.05, 3.63) is 42.1 Å². The Bertz CT molecular complexity index is 488. The minimum Gasteiger partial charge on any atom is -0.324 e. The van der Waals surface area contributed by atoms with E-state index in [0.717, 1.165) is 30.0 Å². The summed E-state index contributed by atoms with van der Waals surface area (Å²) in [6.07, 6.45) is 7.58. The van der Waals surface area contributed by atoms with Crippen LogP contribution in [0.4, 0.5) is 0 Å². The standard InChI is InChI=1S/C13H18N4/c1-3-4-12-16-7-8-17(12)13-9-11(10(2)14)5-6-15-13/h5-10H,3-4,14H2,1-2H3. The molecule has 1 atom stereocenters. The van der Waals surface area contributed by atoms with Gasteiger partial charge in [0, 0.05) is 31.1 Å². The predicted octanol–water partition coefficient (Wildman–Crippen LogP) is 2.24. The molecule has 0 aliphatic carbocycles. The fraction of sp³-hybridized carbons (Fsp3) is 0.385. The second-order valence-corrected chi connectivity index (χ2v) is 4.20. The molecule has 17 heavy (non-hydrogen) atoms. The van der Waals surface area contributed by atoms with Crippen molar-refractivity contribution in [2.75, 3.05) is 0 Å². The fourth-order valence-electron chi connectivity index (χ4n) is 1.80. The van der Waals surface area contributed by atoms with Crippen molar-refractivity contribution in [3.8, 4) is 5.82 Å². The number of nitrogens with zero attached hydrogens (tertiary/aromatic N) is 3. The topological polar surface area (TPSA) is 56.7 Å². The summed E-state index contributed by atoms with van der Waals surface area (Å²) in [5, 5.41) is 0. The van der Waals surface area contributed by atoms with Gasteiger partial charge in [-0.1, -0.05) is 6.92 Å². The summed E-state index contributed by atoms with van der Waals surface area (Å²) < 4.78 is 2.02. The molecular weight excluding hydrogens is 212 g/mol. The molecule has 0 amide bonds. The van der Waals surface area contributed by atoms with Gasteiger partial charge in [-0.2, -0.15) is 0 Å². The molecule has 4 heteroatoms. The van der Waals surface area contributed by atoms with Crippen LogP contribution in [0.3, 0.4) is 0 Å². The molecule has 2 heterocycles. The summed E-state index contributed by atoms with van der Waals surface area (Å²) in [5.74, 6) is 1.93. The number of imidazole rings is 1. The molecule has 4 nitrogen and oxygen atoms in total. The monoisotopic (exact) mass is 230 g/mol. The second kappa shape index (κ2) is 5.10. The van der Waals surface area contributed by atoms with E-state index in [-0.39, 0.29) is 6.04 Å². The number of aromatic nitrogens is 3. The first kappa shape index (κ1) is 11.8. The highest BCUT2D eigenvalue weighted by Crippen LogP contribution is 2.14. The molecule has 90 valence electrons. The zero-order chi connectivity index (χ0) is 12.3. The third-order valence-electron chi connectivity index (χ3n) is 2.73. The maximum atomic E-state index is 5.88. The Morgan fingerprint density at radius 2 is 2.18 bits per heavy atom. The molecule has 0 aliphatic rings. The molecule has 0 aliphatic heterocycles. The lowest BCUT2D eigenvalue weighted by atomic mass is 10.1. The van der Waals surface area contributed by atoms with Gasteiger partial charge < -0.3 is 5.73 Å². The summed E-state index contributed by atoms with van der Waals surface area (Å²) in [4.78, 5) is 8.72. The lowest BCUT2D eigenvalue weighted by Crippen LogP contribution is -2.08. The number of pyridine rings is 1. The highest BCUT2D eigenvalue weighted by molar-refractivity contribution is 5.30. The predicted molar refractivity (Wildman–Crippen MR) is 68.0 cm³/mol. The molecule has 0 fully saturated rings. The summed E-state index contributed by atoms with van der Waals surface area (Å²) in [5.41, 5.74) is 6.97. The van der Waals surface area contributed by atoms with E-state index < -0.39 is 0 Å². The molecule has 0 radical (unpaired) electrons. The maximum absolute atomic E-state index is 5.88. The van der Waals surface area contributed by atoms with Crippen LogP contribution in [0, 0.1) is 0 Å². The van der Waals surface area contributed by atoms with E-state index in [9.17, 15) is 0 Å². The Morgan fingerprint density at radius 3 is 2.88 bits per heavy atom. The normalized spacial score (nSPS) is 12.6. The fourth-order valence-corrected chi connectivity index (χ4v) is 1.80. The van der Waals surface area contributed by atoms with Crippen LogP contribution in [0.25, 0.3) is 5.82 Å². The van der Waals surface area contributed by atoms with Crippen molar-refractivity contribution in [1.82, 2.24) is 14.5 Å². The van der Waals surface area contributed by atoms with Gasteiger partial charge in [-0.05, 0) is 31.0 Å². The third-order valence-corrected chi connectivity index (χ3v) is 2.73. The van der Waals surface area contributed by atoms with Gasteiger partial charge in [-0.3, -0.25) is 4.57 Å². The Kier molecular flexibility index (Phi) is 3.54. The van der Waals surface area contributed by atoms with E-state index in [0.29, 0.717) is 0 Å². The Labute approximate surface area is 102 Å². The molecule has 0 saturated carbocycles. The van der Waals surface area contributed by atoms with E-state index in [1.165, 1.54) is 0 Å². The molecular formula is C13H18N4. The molecule has 2 aromatic heterocycles. The van der Waals surface area contributed by atoms with Gasteiger partial charge in [0.1, 0.15) is 11.6 Å². The van der Waals surface area contributed by atoms with Crippen LogP contribution in [0.1, 0.15) is 37.7 Å². The van der Waals surface area contributed by atoms with E-state index in [2.05, 4.69) is 16.9 Å².